The molecule has 0 fully saturated rings. The molecule has 1 aromatic heterocycles. The number of aromatic nitrogens is 2. The van der Waals surface area contributed by atoms with Crippen molar-refractivity contribution in [2.75, 3.05) is 6.26 Å². The molecule has 1 N–H and O–H groups in total. The van der Waals surface area contributed by atoms with Gasteiger partial charge in [-0.3, -0.25) is 0 Å². The molecule has 0 saturated heterocycles. The molecule has 94 valence electrons. The third kappa shape index (κ3) is 2.67. The summed E-state index contributed by atoms with van der Waals surface area (Å²) >= 11 is 1.24. The summed E-state index contributed by atoms with van der Waals surface area (Å²) < 4.78 is 31.1. The molecule has 0 aliphatic carbocycles. The molecular formula is C11H8F2N2O2S. The summed E-state index contributed by atoms with van der Waals surface area (Å²) in [4.78, 5) is 7.59. The lowest BCUT2D eigenvalue weighted by Gasteiger charge is -2.07. The summed E-state index contributed by atoms with van der Waals surface area (Å²) in [5.74, 6) is -2.30. The van der Waals surface area contributed by atoms with Crippen molar-refractivity contribution in [3.8, 4) is 17.4 Å². The van der Waals surface area contributed by atoms with Gasteiger partial charge in [0.1, 0.15) is 5.82 Å². The quantitative estimate of drug-likeness (QED) is 0.686. The van der Waals surface area contributed by atoms with Gasteiger partial charge in [0, 0.05) is 6.07 Å². The summed E-state index contributed by atoms with van der Waals surface area (Å²) in [6.45, 7) is 0. The summed E-state index contributed by atoms with van der Waals surface area (Å²) in [5, 5.41) is 9.90. The Labute approximate surface area is 106 Å². The minimum absolute atomic E-state index is 0.0988. The van der Waals surface area contributed by atoms with Gasteiger partial charge >= 0.3 is 0 Å². The van der Waals surface area contributed by atoms with Gasteiger partial charge in [0.25, 0.3) is 5.88 Å². The van der Waals surface area contributed by atoms with Crippen LogP contribution < -0.4 is 4.74 Å². The van der Waals surface area contributed by atoms with Crippen LogP contribution in [0.2, 0.25) is 0 Å². The Morgan fingerprint density at radius 2 is 2.06 bits per heavy atom. The Kier molecular flexibility index (Phi) is 3.61. The van der Waals surface area contributed by atoms with Gasteiger partial charge in [-0.25, -0.2) is 13.8 Å². The maximum atomic E-state index is 13.3. The number of hydrogen-bond donors (Lipinski definition) is 1. The largest absolute Gasteiger partial charge is 0.491 e. The molecule has 2 aromatic rings. The summed E-state index contributed by atoms with van der Waals surface area (Å²) in [6, 6.07) is 2.85. The van der Waals surface area contributed by atoms with E-state index in [0.717, 1.165) is 12.1 Å². The van der Waals surface area contributed by atoms with Crippen LogP contribution >= 0.6 is 11.8 Å². The first-order chi connectivity index (χ1) is 8.60. The van der Waals surface area contributed by atoms with Gasteiger partial charge < -0.3 is 9.84 Å². The summed E-state index contributed by atoms with van der Waals surface area (Å²) in [5.41, 5.74) is 0. The fourth-order valence-corrected chi connectivity index (χ4v) is 1.53. The Morgan fingerprint density at radius 1 is 1.28 bits per heavy atom. The third-order valence-corrected chi connectivity index (χ3v) is 2.57. The highest BCUT2D eigenvalue weighted by atomic mass is 32.2. The second-order valence-corrected chi connectivity index (χ2v) is 3.99. The first-order valence-electron chi connectivity index (χ1n) is 4.83. The van der Waals surface area contributed by atoms with E-state index in [1.807, 2.05) is 0 Å². The fraction of sp³-hybridized carbons (Fsp3) is 0.0909. The van der Waals surface area contributed by atoms with Crippen LogP contribution in [-0.2, 0) is 0 Å². The number of aromatic hydroxyl groups is 1. The van der Waals surface area contributed by atoms with E-state index in [9.17, 15) is 13.9 Å². The summed E-state index contributed by atoms with van der Waals surface area (Å²) in [6.07, 6.45) is 2.96. The van der Waals surface area contributed by atoms with Crippen molar-refractivity contribution < 1.29 is 18.6 Å². The topological polar surface area (TPSA) is 55.2 Å². The molecule has 0 aliphatic heterocycles. The molecule has 0 saturated carbocycles. The number of thioether (sulfide) groups is 1. The average Bonchev–Trinajstić information content (AvgIpc) is 2.34. The van der Waals surface area contributed by atoms with Gasteiger partial charge in [0.2, 0.25) is 5.75 Å². The van der Waals surface area contributed by atoms with Gasteiger partial charge in [-0.1, -0.05) is 11.8 Å². The van der Waals surface area contributed by atoms with Crippen LogP contribution in [0.5, 0.6) is 17.4 Å². The highest BCUT2D eigenvalue weighted by molar-refractivity contribution is 7.98. The first-order valence-corrected chi connectivity index (χ1v) is 6.05. The minimum Gasteiger partial charge on any atom is -0.491 e. The normalized spacial score (nSPS) is 10.4. The van der Waals surface area contributed by atoms with E-state index >= 15 is 0 Å². The van der Waals surface area contributed by atoms with E-state index < -0.39 is 17.5 Å². The predicted octanol–water partition coefficient (Wildman–Crippen LogP) is 2.97. The standard InChI is InChI=1S/C11H8F2N2O2S/c1-18-11-14-5-9(10(16)15-11)17-8-3-2-6(12)4-7(8)13/h2-5H,1H3,(H,14,15,16). The number of benzene rings is 1. The molecule has 1 aromatic carbocycles. The number of hydrogen-bond acceptors (Lipinski definition) is 5. The van der Waals surface area contributed by atoms with Gasteiger partial charge in [0.15, 0.2) is 16.7 Å². The number of nitrogens with zero attached hydrogens (tertiary/aromatic N) is 2. The maximum absolute atomic E-state index is 13.3. The van der Waals surface area contributed by atoms with E-state index in [4.69, 9.17) is 4.74 Å². The van der Waals surface area contributed by atoms with E-state index in [2.05, 4.69) is 9.97 Å². The second kappa shape index (κ2) is 5.18. The first kappa shape index (κ1) is 12.6. The Balaban J connectivity index is 2.28. The lowest BCUT2D eigenvalue weighted by atomic mass is 10.3. The van der Waals surface area contributed by atoms with Crippen LogP contribution in [0, 0.1) is 11.6 Å². The predicted molar refractivity (Wildman–Crippen MR) is 61.9 cm³/mol. The third-order valence-electron chi connectivity index (χ3n) is 2.01. The Bertz CT molecular complexity index is 581. The molecule has 0 aliphatic rings. The van der Waals surface area contributed by atoms with Crippen molar-refractivity contribution in [2.24, 2.45) is 0 Å². The minimum atomic E-state index is -0.872. The van der Waals surface area contributed by atoms with Crippen LogP contribution in [0.1, 0.15) is 0 Å². The van der Waals surface area contributed by atoms with Crippen molar-refractivity contribution in [3.63, 3.8) is 0 Å². The van der Waals surface area contributed by atoms with Crippen LogP contribution in [-0.4, -0.2) is 21.3 Å². The van der Waals surface area contributed by atoms with Gasteiger partial charge in [0.05, 0.1) is 6.20 Å². The lowest BCUT2D eigenvalue weighted by molar-refractivity contribution is 0.375. The fourth-order valence-electron chi connectivity index (χ4n) is 1.19. The van der Waals surface area contributed by atoms with Crippen molar-refractivity contribution in [1.82, 2.24) is 9.97 Å². The Morgan fingerprint density at radius 3 is 2.67 bits per heavy atom. The number of ether oxygens (including phenoxy) is 1. The lowest BCUT2D eigenvalue weighted by Crippen LogP contribution is -1.93. The van der Waals surface area contributed by atoms with Crippen LogP contribution in [0.3, 0.4) is 0 Å². The molecule has 0 amide bonds. The SMILES string of the molecule is CSc1ncc(Oc2ccc(F)cc2F)c(O)n1. The molecule has 0 bridgehead atoms. The molecule has 18 heavy (non-hydrogen) atoms. The van der Waals surface area contributed by atoms with Gasteiger partial charge in [-0.2, -0.15) is 4.98 Å². The van der Waals surface area contributed by atoms with Crippen molar-refractivity contribution in [3.05, 3.63) is 36.0 Å². The zero-order chi connectivity index (χ0) is 13.1. The van der Waals surface area contributed by atoms with E-state index in [1.165, 1.54) is 18.0 Å². The van der Waals surface area contributed by atoms with E-state index in [0.29, 0.717) is 11.2 Å². The van der Waals surface area contributed by atoms with Crippen molar-refractivity contribution in [1.29, 1.82) is 0 Å². The molecule has 0 spiro atoms. The number of rotatable bonds is 3. The Hall–Kier alpha value is -1.89. The van der Waals surface area contributed by atoms with Gasteiger partial charge in [-0.15, -0.1) is 0 Å². The molecule has 7 heteroatoms. The zero-order valence-corrected chi connectivity index (χ0v) is 10.0. The average molecular weight is 270 g/mol. The molecule has 1 heterocycles. The summed E-state index contributed by atoms with van der Waals surface area (Å²) in [7, 11) is 0. The molecule has 4 nitrogen and oxygen atoms in total. The van der Waals surface area contributed by atoms with Crippen LogP contribution in [0.25, 0.3) is 0 Å². The highest BCUT2D eigenvalue weighted by Crippen LogP contribution is 2.30. The molecule has 2 rings (SSSR count). The smallest absolute Gasteiger partial charge is 0.259 e. The maximum Gasteiger partial charge on any atom is 0.259 e. The van der Waals surface area contributed by atoms with Crippen molar-refractivity contribution in [2.45, 2.75) is 5.16 Å². The van der Waals surface area contributed by atoms with Crippen LogP contribution in [0.4, 0.5) is 8.78 Å². The molecule has 0 unspecified atom stereocenters. The van der Waals surface area contributed by atoms with E-state index in [1.54, 1.807) is 6.26 Å². The van der Waals surface area contributed by atoms with Gasteiger partial charge in [-0.05, 0) is 18.4 Å². The molecule has 0 radical (unpaired) electrons. The monoisotopic (exact) mass is 270 g/mol. The van der Waals surface area contributed by atoms with Crippen molar-refractivity contribution >= 4 is 11.8 Å². The second-order valence-electron chi connectivity index (χ2n) is 3.22. The van der Waals surface area contributed by atoms with E-state index in [-0.39, 0.29) is 11.5 Å². The number of halogens is 2. The molecule has 0 atom stereocenters. The van der Waals surface area contributed by atoms with Crippen LogP contribution in [0.15, 0.2) is 29.6 Å². The highest BCUT2D eigenvalue weighted by Gasteiger charge is 2.11. The molecular weight excluding hydrogens is 262 g/mol. The zero-order valence-electron chi connectivity index (χ0n) is 9.22.